The first kappa shape index (κ1) is 10.8. The molecule has 0 aliphatic heterocycles. The maximum Gasteiger partial charge on any atom is -0.0183 e. The van der Waals surface area contributed by atoms with Crippen molar-refractivity contribution in [1.29, 1.82) is 0 Å². The zero-order valence-electron chi connectivity index (χ0n) is 9.69. The van der Waals surface area contributed by atoms with Crippen molar-refractivity contribution in [1.82, 2.24) is 0 Å². The summed E-state index contributed by atoms with van der Waals surface area (Å²) in [4.78, 5) is 0. The van der Waals surface area contributed by atoms with Crippen molar-refractivity contribution in [2.24, 2.45) is 17.3 Å². The van der Waals surface area contributed by atoms with Crippen LogP contribution in [0.1, 0.15) is 53.4 Å². The first-order valence-electron chi connectivity index (χ1n) is 5.58. The lowest BCUT2D eigenvalue weighted by Crippen LogP contribution is -2.17. The van der Waals surface area contributed by atoms with E-state index < -0.39 is 0 Å². The number of allylic oxidation sites excluding steroid dienone is 1. The van der Waals surface area contributed by atoms with E-state index in [0.717, 1.165) is 11.8 Å². The van der Waals surface area contributed by atoms with Gasteiger partial charge in [0.2, 0.25) is 0 Å². The van der Waals surface area contributed by atoms with Gasteiger partial charge < -0.3 is 0 Å². The summed E-state index contributed by atoms with van der Waals surface area (Å²) in [6.07, 6.45) is 5.50. The lowest BCUT2D eigenvalue weighted by molar-refractivity contribution is 0.259. The van der Waals surface area contributed by atoms with Crippen molar-refractivity contribution in [3.63, 3.8) is 0 Å². The van der Waals surface area contributed by atoms with Crippen LogP contribution < -0.4 is 0 Å². The summed E-state index contributed by atoms with van der Waals surface area (Å²) in [5.74, 6) is 1.61. The normalized spacial score (nSPS) is 33.8. The Kier molecular flexibility index (Phi) is 3.21. The minimum Gasteiger partial charge on any atom is -0.0999 e. The second-order valence-corrected chi connectivity index (χ2v) is 5.69. The standard InChI is InChI=1S/C13H24/c1-10(2)12-7-6-8-13(4,5)9-11(12)3/h11-12H,1,6-9H2,2-5H3. The molecule has 1 saturated carbocycles. The van der Waals surface area contributed by atoms with Crippen molar-refractivity contribution in [2.75, 3.05) is 0 Å². The third-order valence-corrected chi connectivity index (χ3v) is 3.56. The summed E-state index contributed by atoms with van der Waals surface area (Å²) < 4.78 is 0. The van der Waals surface area contributed by atoms with Crippen LogP contribution in [0.25, 0.3) is 0 Å². The quantitative estimate of drug-likeness (QED) is 0.414. The zero-order valence-corrected chi connectivity index (χ0v) is 9.69. The molecule has 0 amide bonds. The van der Waals surface area contributed by atoms with Gasteiger partial charge in [-0.15, -0.1) is 0 Å². The molecular weight excluding hydrogens is 156 g/mol. The average molecular weight is 180 g/mol. The van der Waals surface area contributed by atoms with Gasteiger partial charge in [-0.05, 0) is 43.4 Å². The largest absolute Gasteiger partial charge is 0.0999 e. The lowest BCUT2D eigenvalue weighted by Gasteiger charge is -2.27. The molecular formula is C13H24. The third kappa shape index (κ3) is 2.86. The average Bonchev–Trinajstić information content (AvgIpc) is 2.06. The SMILES string of the molecule is C=C(C)C1CCCC(C)(C)CC1C. The predicted octanol–water partition coefficient (Wildman–Crippen LogP) is 4.42. The Hall–Kier alpha value is -0.260. The molecule has 13 heavy (non-hydrogen) atoms. The molecule has 2 atom stereocenters. The van der Waals surface area contributed by atoms with Gasteiger partial charge in [0.1, 0.15) is 0 Å². The maximum absolute atomic E-state index is 4.12. The molecule has 1 rings (SSSR count). The van der Waals surface area contributed by atoms with Gasteiger partial charge in [0, 0.05) is 0 Å². The molecule has 0 heterocycles. The topological polar surface area (TPSA) is 0 Å². The molecule has 1 aliphatic carbocycles. The van der Waals surface area contributed by atoms with E-state index in [1.54, 1.807) is 0 Å². The summed E-state index contributed by atoms with van der Waals surface area (Å²) in [6.45, 7) is 13.5. The van der Waals surface area contributed by atoms with Crippen molar-refractivity contribution in [2.45, 2.75) is 53.4 Å². The van der Waals surface area contributed by atoms with E-state index in [0.29, 0.717) is 5.41 Å². The van der Waals surface area contributed by atoms with E-state index in [9.17, 15) is 0 Å². The van der Waals surface area contributed by atoms with Crippen molar-refractivity contribution in [3.8, 4) is 0 Å². The molecule has 0 bridgehead atoms. The van der Waals surface area contributed by atoms with E-state index in [4.69, 9.17) is 0 Å². The highest BCUT2D eigenvalue weighted by Gasteiger charge is 2.29. The monoisotopic (exact) mass is 180 g/mol. The molecule has 1 aliphatic rings. The summed E-state index contributed by atoms with van der Waals surface area (Å²) in [7, 11) is 0. The fourth-order valence-corrected chi connectivity index (χ4v) is 2.93. The molecule has 0 N–H and O–H groups in total. The molecule has 0 radical (unpaired) electrons. The number of hydrogen-bond acceptors (Lipinski definition) is 0. The van der Waals surface area contributed by atoms with Crippen LogP contribution in [0.15, 0.2) is 12.2 Å². The van der Waals surface area contributed by atoms with Crippen molar-refractivity contribution >= 4 is 0 Å². The highest BCUT2D eigenvalue weighted by molar-refractivity contribution is 5.00. The molecule has 0 saturated heterocycles. The highest BCUT2D eigenvalue weighted by atomic mass is 14.3. The van der Waals surface area contributed by atoms with Crippen molar-refractivity contribution in [3.05, 3.63) is 12.2 Å². The molecule has 0 aromatic carbocycles. The van der Waals surface area contributed by atoms with Gasteiger partial charge in [-0.25, -0.2) is 0 Å². The zero-order chi connectivity index (χ0) is 10.1. The van der Waals surface area contributed by atoms with E-state index in [1.165, 1.54) is 31.3 Å². The number of hydrogen-bond donors (Lipinski definition) is 0. The second kappa shape index (κ2) is 3.86. The van der Waals surface area contributed by atoms with Crippen LogP contribution in [0.5, 0.6) is 0 Å². The van der Waals surface area contributed by atoms with Crippen LogP contribution in [-0.4, -0.2) is 0 Å². The highest BCUT2D eigenvalue weighted by Crippen LogP contribution is 2.41. The molecule has 2 unspecified atom stereocenters. The first-order chi connectivity index (χ1) is 5.92. The summed E-state index contributed by atoms with van der Waals surface area (Å²) >= 11 is 0. The van der Waals surface area contributed by atoms with Gasteiger partial charge >= 0.3 is 0 Å². The minimum absolute atomic E-state index is 0.559. The summed E-state index contributed by atoms with van der Waals surface area (Å²) in [5, 5.41) is 0. The maximum atomic E-state index is 4.12. The Morgan fingerprint density at radius 2 is 2.00 bits per heavy atom. The molecule has 76 valence electrons. The third-order valence-electron chi connectivity index (χ3n) is 3.56. The Labute approximate surface area is 83.4 Å². The molecule has 0 heteroatoms. The molecule has 0 nitrogen and oxygen atoms in total. The van der Waals surface area contributed by atoms with Crippen LogP contribution in [0.3, 0.4) is 0 Å². The fourth-order valence-electron chi connectivity index (χ4n) is 2.93. The van der Waals surface area contributed by atoms with Gasteiger partial charge in [0.15, 0.2) is 0 Å². The molecule has 1 fully saturated rings. The molecule has 0 spiro atoms. The van der Waals surface area contributed by atoms with E-state index >= 15 is 0 Å². The van der Waals surface area contributed by atoms with Crippen molar-refractivity contribution < 1.29 is 0 Å². The lowest BCUT2D eigenvalue weighted by atomic mass is 9.78. The number of rotatable bonds is 1. The Morgan fingerprint density at radius 3 is 2.54 bits per heavy atom. The van der Waals surface area contributed by atoms with Crippen LogP contribution >= 0.6 is 0 Å². The van der Waals surface area contributed by atoms with Crippen LogP contribution in [-0.2, 0) is 0 Å². The smallest absolute Gasteiger partial charge is 0.0183 e. The van der Waals surface area contributed by atoms with Gasteiger partial charge in [-0.2, -0.15) is 0 Å². The fraction of sp³-hybridized carbons (Fsp3) is 0.846. The Bertz CT molecular complexity index is 188. The van der Waals surface area contributed by atoms with Gasteiger partial charge in [-0.3, -0.25) is 0 Å². The second-order valence-electron chi connectivity index (χ2n) is 5.69. The Balaban J connectivity index is 2.68. The molecule has 0 aromatic rings. The minimum atomic E-state index is 0.559. The van der Waals surface area contributed by atoms with Gasteiger partial charge in [0.05, 0.1) is 0 Å². The Morgan fingerprint density at radius 1 is 1.38 bits per heavy atom. The van der Waals surface area contributed by atoms with E-state index in [2.05, 4.69) is 34.3 Å². The van der Waals surface area contributed by atoms with Crippen LogP contribution in [0.4, 0.5) is 0 Å². The summed E-state index contributed by atoms with van der Waals surface area (Å²) in [6, 6.07) is 0. The predicted molar refractivity (Wildman–Crippen MR) is 59.7 cm³/mol. The summed E-state index contributed by atoms with van der Waals surface area (Å²) in [5.41, 5.74) is 1.95. The van der Waals surface area contributed by atoms with Gasteiger partial charge in [-0.1, -0.05) is 39.3 Å². The first-order valence-corrected chi connectivity index (χ1v) is 5.58. The van der Waals surface area contributed by atoms with Crippen LogP contribution in [0.2, 0.25) is 0 Å². The van der Waals surface area contributed by atoms with Gasteiger partial charge in [0.25, 0.3) is 0 Å². The van der Waals surface area contributed by atoms with E-state index in [-0.39, 0.29) is 0 Å². The van der Waals surface area contributed by atoms with E-state index in [1.807, 2.05) is 0 Å². The van der Waals surface area contributed by atoms with Crippen LogP contribution in [0, 0.1) is 17.3 Å². The molecule has 0 aromatic heterocycles.